The Morgan fingerprint density at radius 2 is 1.93 bits per heavy atom. The number of hydrogen-bond donors (Lipinski definition) is 1. The zero-order chi connectivity index (χ0) is 19.2. The summed E-state index contributed by atoms with van der Waals surface area (Å²) in [5.74, 6) is 4.67. The first-order chi connectivity index (χ1) is 12.9. The Labute approximate surface area is 168 Å². The summed E-state index contributed by atoms with van der Waals surface area (Å²) in [6.45, 7) is 10.0. The molecule has 4 rings (SSSR count). The fraction of sp³-hybridized carbons (Fsp3) is 0.923. The molecule has 0 amide bonds. The number of fused-ring (bicyclic) bond motifs is 5. The fourth-order valence-electron chi connectivity index (χ4n) is 8.14. The van der Waals surface area contributed by atoms with Crippen LogP contribution < -0.4 is 0 Å². The van der Waals surface area contributed by atoms with Crippen LogP contribution in [0.1, 0.15) is 105 Å². The van der Waals surface area contributed by atoms with E-state index in [0.29, 0.717) is 10.8 Å². The smallest absolute Gasteiger partial charge is 0.0577 e. The van der Waals surface area contributed by atoms with Crippen molar-refractivity contribution in [3.05, 3.63) is 11.6 Å². The maximum atomic E-state index is 10.2. The van der Waals surface area contributed by atoms with Gasteiger partial charge in [0.05, 0.1) is 6.10 Å². The third-order valence-corrected chi connectivity index (χ3v) is 10.2. The number of allylic oxidation sites excluding steroid dienone is 1. The number of rotatable bonds is 5. The second-order valence-corrected chi connectivity index (χ2v) is 11.4. The largest absolute Gasteiger partial charge is 0.393 e. The Balaban J connectivity index is 1.47. The summed E-state index contributed by atoms with van der Waals surface area (Å²) in [7, 11) is 0. The molecule has 3 fully saturated rings. The summed E-state index contributed by atoms with van der Waals surface area (Å²) in [5.41, 5.74) is 2.64. The lowest BCUT2D eigenvalue weighted by Gasteiger charge is -2.58. The molecule has 0 heterocycles. The molecule has 154 valence electrons. The molecule has 4 aliphatic carbocycles. The summed E-state index contributed by atoms with van der Waals surface area (Å²) < 4.78 is 0. The molecule has 27 heavy (non-hydrogen) atoms. The van der Waals surface area contributed by atoms with E-state index in [0.717, 1.165) is 42.4 Å². The average Bonchev–Trinajstić information content (AvgIpc) is 2.99. The van der Waals surface area contributed by atoms with Crippen LogP contribution in [0.15, 0.2) is 11.6 Å². The first kappa shape index (κ1) is 20.0. The van der Waals surface area contributed by atoms with Gasteiger partial charge in [-0.05, 0) is 98.2 Å². The van der Waals surface area contributed by atoms with Gasteiger partial charge in [-0.25, -0.2) is 0 Å². The van der Waals surface area contributed by atoms with Crippen molar-refractivity contribution in [2.45, 2.75) is 111 Å². The Morgan fingerprint density at radius 1 is 1.11 bits per heavy atom. The molecule has 1 nitrogen and oxygen atoms in total. The zero-order valence-electron chi connectivity index (χ0n) is 18.5. The van der Waals surface area contributed by atoms with Gasteiger partial charge >= 0.3 is 0 Å². The molecule has 1 N–H and O–H groups in total. The highest BCUT2D eigenvalue weighted by Crippen LogP contribution is 2.66. The van der Waals surface area contributed by atoms with E-state index in [1.54, 1.807) is 5.57 Å². The predicted octanol–water partition coefficient (Wildman–Crippen LogP) is 7.14. The molecule has 3 saturated carbocycles. The van der Waals surface area contributed by atoms with Crippen molar-refractivity contribution in [1.29, 1.82) is 0 Å². The molecule has 8 atom stereocenters. The highest BCUT2D eigenvalue weighted by Gasteiger charge is 2.58. The molecule has 0 bridgehead atoms. The van der Waals surface area contributed by atoms with Gasteiger partial charge in [0.2, 0.25) is 0 Å². The molecule has 0 spiro atoms. The van der Waals surface area contributed by atoms with Gasteiger partial charge < -0.3 is 5.11 Å². The average molecular weight is 373 g/mol. The van der Waals surface area contributed by atoms with Crippen LogP contribution in [0.4, 0.5) is 0 Å². The maximum Gasteiger partial charge on any atom is 0.0577 e. The summed E-state index contributed by atoms with van der Waals surface area (Å²) in [4.78, 5) is 0. The molecule has 0 radical (unpaired) electrons. The van der Waals surface area contributed by atoms with Gasteiger partial charge in [0.25, 0.3) is 0 Å². The Hall–Kier alpha value is -0.300. The maximum absolute atomic E-state index is 10.2. The molecule has 0 aromatic carbocycles. The van der Waals surface area contributed by atoms with Gasteiger partial charge in [-0.15, -0.1) is 0 Å². The molecule has 0 aromatic heterocycles. The third-order valence-electron chi connectivity index (χ3n) is 10.2. The van der Waals surface area contributed by atoms with E-state index >= 15 is 0 Å². The van der Waals surface area contributed by atoms with E-state index in [1.807, 2.05) is 0 Å². The molecule has 0 saturated heterocycles. The zero-order valence-corrected chi connectivity index (χ0v) is 18.5. The van der Waals surface area contributed by atoms with Crippen LogP contribution >= 0.6 is 0 Å². The van der Waals surface area contributed by atoms with E-state index in [2.05, 4.69) is 33.8 Å². The normalized spacial score (nSPS) is 47.6. The minimum absolute atomic E-state index is 0.0731. The van der Waals surface area contributed by atoms with Crippen LogP contribution in [-0.2, 0) is 0 Å². The van der Waals surface area contributed by atoms with Crippen molar-refractivity contribution in [3.63, 3.8) is 0 Å². The van der Waals surface area contributed by atoms with Crippen LogP contribution in [0.5, 0.6) is 0 Å². The van der Waals surface area contributed by atoms with Gasteiger partial charge in [-0.1, -0.05) is 58.6 Å². The van der Waals surface area contributed by atoms with Crippen molar-refractivity contribution < 1.29 is 5.11 Å². The van der Waals surface area contributed by atoms with Crippen molar-refractivity contribution in [2.24, 2.45) is 40.4 Å². The second kappa shape index (κ2) is 7.51. The lowest BCUT2D eigenvalue weighted by atomic mass is 9.47. The number of hydrogen-bond acceptors (Lipinski definition) is 1. The summed E-state index contributed by atoms with van der Waals surface area (Å²) in [6.07, 6.45) is 18.7. The third kappa shape index (κ3) is 3.34. The van der Waals surface area contributed by atoms with Crippen LogP contribution in [0.25, 0.3) is 0 Å². The van der Waals surface area contributed by atoms with Crippen LogP contribution in [0.3, 0.4) is 0 Å². The SMILES string of the molecule is CC[C@H](C)CCC[C@H]1CC[C@H]2[C@@H]3CC=C4C[C@@H](O)CC[C@]4(C)C3CC[C@]12C. The molecule has 0 aliphatic heterocycles. The van der Waals surface area contributed by atoms with Gasteiger partial charge in [-0.2, -0.15) is 0 Å². The van der Waals surface area contributed by atoms with E-state index < -0.39 is 0 Å². The lowest BCUT2D eigenvalue weighted by Crippen LogP contribution is -2.50. The highest BCUT2D eigenvalue weighted by atomic mass is 16.3. The molecule has 1 heteroatoms. The minimum Gasteiger partial charge on any atom is -0.393 e. The van der Waals surface area contributed by atoms with Crippen molar-refractivity contribution in [2.75, 3.05) is 0 Å². The summed E-state index contributed by atoms with van der Waals surface area (Å²) in [6, 6.07) is 0. The van der Waals surface area contributed by atoms with Crippen molar-refractivity contribution in [1.82, 2.24) is 0 Å². The Morgan fingerprint density at radius 3 is 2.70 bits per heavy atom. The predicted molar refractivity (Wildman–Crippen MR) is 115 cm³/mol. The van der Waals surface area contributed by atoms with Crippen LogP contribution in [0.2, 0.25) is 0 Å². The van der Waals surface area contributed by atoms with Gasteiger partial charge in [0, 0.05) is 0 Å². The highest BCUT2D eigenvalue weighted by molar-refractivity contribution is 5.25. The van der Waals surface area contributed by atoms with Crippen LogP contribution in [0, 0.1) is 40.4 Å². The topological polar surface area (TPSA) is 20.2 Å². The van der Waals surface area contributed by atoms with Gasteiger partial charge in [-0.3, -0.25) is 0 Å². The second-order valence-electron chi connectivity index (χ2n) is 11.4. The van der Waals surface area contributed by atoms with Gasteiger partial charge in [0.1, 0.15) is 0 Å². The first-order valence-corrected chi connectivity index (χ1v) is 12.3. The molecule has 0 aromatic rings. The molecular weight excluding hydrogens is 328 g/mol. The molecule has 1 unspecified atom stereocenters. The molecule has 4 aliphatic rings. The number of aliphatic hydroxyl groups is 1. The van der Waals surface area contributed by atoms with E-state index in [9.17, 15) is 5.11 Å². The Kier molecular flexibility index (Phi) is 5.56. The standard InChI is InChI=1S/C26H44O/c1-5-18(2)7-6-8-19-10-12-23-22-11-9-20-17-21(27)13-15-26(20,4)24(22)14-16-25(19,23)3/h9,18-19,21-24,27H,5-8,10-17H2,1-4H3/t18-,19-,21-,22-,23-,24?,25+,26-/m0/s1. The molecular formula is C26H44O. The monoisotopic (exact) mass is 372 g/mol. The van der Waals surface area contributed by atoms with Gasteiger partial charge in [0.15, 0.2) is 0 Å². The lowest BCUT2D eigenvalue weighted by molar-refractivity contribution is -0.0509. The van der Waals surface area contributed by atoms with E-state index in [4.69, 9.17) is 0 Å². The van der Waals surface area contributed by atoms with E-state index in [1.165, 1.54) is 64.2 Å². The first-order valence-electron chi connectivity index (χ1n) is 12.3. The van der Waals surface area contributed by atoms with Crippen molar-refractivity contribution >= 4 is 0 Å². The summed E-state index contributed by atoms with van der Waals surface area (Å²) >= 11 is 0. The van der Waals surface area contributed by atoms with Crippen molar-refractivity contribution in [3.8, 4) is 0 Å². The van der Waals surface area contributed by atoms with E-state index in [-0.39, 0.29) is 6.10 Å². The quantitative estimate of drug-likeness (QED) is 0.508. The minimum atomic E-state index is -0.0731. The summed E-state index contributed by atoms with van der Waals surface area (Å²) in [5, 5.41) is 10.2. The fourth-order valence-corrected chi connectivity index (χ4v) is 8.14. The number of aliphatic hydroxyl groups excluding tert-OH is 1. The van der Waals surface area contributed by atoms with Crippen LogP contribution in [-0.4, -0.2) is 11.2 Å². The Bertz CT molecular complexity index is 565.